The molecule has 0 aliphatic carbocycles. The number of anilines is 2. The summed E-state index contributed by atoms with van der Waals surface area (Å²) in [5.41, 5.74) is 8.43. The Bertz CT molecular complexity index is 1430. The first-order chi connectivity index (χ1) is 18.4. The van der Waals surface area contributed by atoms with E-state index in [4.69, 9.17) is 15.5 Å². The van der Waals surface area contributed by atoms with Gasteiger partial charge < -0.3 is 30.9 Å². The van der Waals surface area contributed by atoms with Gasteiger partial charge in [-0.05, 0) is 49.1 Å². The van der Waals surface area contributed by atoms with Crippen LogP contribution in [-0.2, 0) is 6.42 Å². The molecule has 1 unspecified atom stereocenters. The largest absolute Gasteiger partial charge is 0.490 e. The van der Waals surface area contributed by atoms with Crippen molar-refractivity contribution in [3.8, 4) is 5.75 Å². The molecular formula is C28H33N5O4S. The average Bonchev–Trinajstić information content (AvgIpc) is 3.28. The Morgan fingerprint density at radius 1 is 1.29 bits per heavy atom. The number of aromatic nitrogens is 2. The van der Waals surface area contributed by atoms with E-state index in [9.17, 15) is 15.0 Å². The van der Waals surface area contributed by atoms with E-state index in [-0.39, 0.29) is 17.5 Å². The fourth-order valence-corrected chi connectivity index (χ4v) is 6.00. The van der Waals surface area contributed by atoms with Gasteiger partial charge in [-0.3, -0.25) is 4.98 Å². The number of aryl methyl sites for hydroxylation is 1. The van der Waals surface area contributed by atoms with Crippen LogP contribution in [0.4, 0.5) is 11.5 Å². The van der Waals surface area contributed by atoms with Crippen LogP contribution in [0.15, 0.2) is 42.6 Å². The van der Waals surface area contributed by atoms with Gasteiger partial charge in [-0.15, -0.1) is 11.3 Å². The number of rotatable bonds is 10. The van der Waals surface area contributed by atoms with Gasteiger partial charge in [0.15, 0.2) is 0 Å². The lowest BCUT2D eigenvalue weighted by atomic mass is 10.0. The van der Waals surface area contributed by atoms with Crippen LogP contribution >= 0.6 is 11.3 Å². The molecule has 9 nitrogen and oxygen atoms in total. The predicted octanol–water partition coefficient (Wildman–Crippen LogP) is 4.08. The molecule has 10 heteroatoms. The predicted molar refractivity (Wildman–Crippen MR) is 151 cm³/mol. The van der Waals surface area contributed by atoms with Crippen molar-refractivity contribution in [1.82, 2.24) is 15.3 Å². The normalized spacial score (nSPS) is 15.3. The first-order valence-corrected chi connectivity index (χ1v) is 13.8. The number of para-hydroxylation sites is 1. The van der Waals surface area contributed by atoms with E-state index >= 15 is 0 Å². The lowest BCUT2D eigenvalue weighted by Crippen LogP contribution is -2.45. The van der Waals surface area contributed by atoms with Crippen LogP contribution in [-0.4, -0.2) is 64.5 Å². The van der Waals surface area contributed by atoms with Crippen molar-refractivity contribution in [2.75, 3.05) is 36.9 Å². The summed E-state index contributed by atoms with van der Waals surface area (Å²) < 4.78 is 5.90. The van der Waals surface area contributed by atoms with Crippen LogP contribution in [0.2, 0.25) is 0 Å². The molecule has 38 heavy (non-hydrogen) atoms. The number of piperidine rings is 1. The fourth-order valence-electron chi connectivity index (χ4n) is 5.03. The molecule has 1 aliphatic heterocycles. The summed E-state index contributed by atoms with van der Waals surface area (Å²) in [4.78, 5) is 23.9. The molecule has 0 spiro atoms. The SMILES string of the molecule is CCCc1cc(N2CCC(NCC(O)COc3ccnc4ccccc34)CC2)nc2sc(C(=O)O)c(N)c12. The summed E-state index contributed by atoms with van der Waals surface area (Å²) in [6.07, 6.45) is 4.67. The van der Waals surface area contributed by atoms with Crippen LogP contribution in [0.3, 0.4) is 0 Å². The second-order valence-corrected chi connectivity index (χ2v) is 10.7. The third-order valence-electron chi connectivity index (χ3n) is 6.98. The van der Waals surface area contributed by atoms with Crippen molar-refractivity contribution in [2.45, 2.75) is 44.8 Å². The minimum absolute atomic E-state index is 0.157. The topological polar surface area (TPSA) is 134 Å². The number of carboxylic acids is 1. The molecule has 1 atom stereocenters. The maximum atomic E-state index is 11.6. The molecule has 1 aliphatic rings. The number of carbonyl (C=O) groups is 1. The summed E-state index contributed by atoms with van der Waals surface area (Å²) in [7, 11) is 0. The number of hydrogen-bond donors (Lipinski definition) is 4. The number of ether oxygens (including phenoxy) is 1. The molecule has 0 radical (unpaired) electrons. The molecule has 3 aromatic heterocycles. The molecule has 1 aromatic carbocycles. The highest BCUT2D eigenvalue weighted by Gasteiger charge is 2.24. The van der Waals surface area contributed by atoms with E-state index in [2.05, 4.69) is 28.2 Å². The Balaban J connectivity index is 1.16. The molecule has 0 bridgehead atoms. The smallest absolute Gasteiger partial charge is 0.348 e. The number of pyridine rings is 2. The van der Waals surface area contributed by atoms with Gasteiger partial charge in [-0.25, -0.2) is 9.78 Å². The zero-order valence-corrected chi connectivity index (χ0v) is 22.2. The van der Waals surface area contributed by atoms with E-state index in [0.717, 1.165) is 83.5 Å². The summed E-state index contributed by atoms with van der Waals surface area (Å²) in [5.74, 6) is 0.580. The third-order valence-corrected chi connectivity index (χ3v) is 8.07. The molecule has 1 fully saturated rings. The highest BCUT2D eigenvalue weighted by Crippen LogP contribution is 2.37. The Hall–Kier alpha value is -3.47. The Kier molecular flexibility index (Phi) is 7.92. The van der Waals surface area contributed by atoms with E-state index in [1.54, 1.807) is 6.20 Å². The van der Waals surface area contributed by atoms with Crippen molar-refractivity contribution in [3.05, 3.63) is 53.0 Å². The summed E-state index contributed by atoms with van der Waals surface area (Å²) in [5, 5.41) is 25.2. The summed E-state index contributed by atoms with van der Waals surface area (Å²) >= 11 is 1.15. The van der Waals surface area contributed by atoms with Crippen molar-refractivity contribution in [1.29, 1.82) is 0 Å². The highest BCUT2D eigenvalue weighted by molar-refractivity contribution is 7.21. The Morgan fingerprint density at radius 2 is 2.08 bits per heavy atom. The molecule has 5 rings (SSSR count). The number of nitrogens with one attached hydrogen (secondary N) is 1. The van der Waals surface area contributed by atoms with Crippen LogP contribution in [0.25, 0.3) is 21.1 Å². The number of aliphatic hydroxyl groups is 1. The number of nitrogen functional groups attached to an aromatic ring is 1. The Morgan fingerprint density at radius 3 is 2.84 bits per heavy atom. The monoisotopic (exact) mass is 535 g/mol. The van der Waals surface area contributed by atoms with E-state index in [1.165, 1.54) is 0 Å². The number of benzene rings is 1. The number of carboxylic acid groups (broad SMARTS) is 1. The van der Waals surface area contributed by atoms with Crippen molar-refractivity contribution in [2.24, 2.45) is 0 Å². The van der Waals surface area contributed by atoms with Gasteiger partial charge in [0.2, 0.25) is 0 Å². The maximum absolute atomic E-state index is 11.6. The molecule has 4 aromatic rings. The number of nitrogens with two attached hydrogens (primary N) is 1. The van der Waals surface area contributed by atoms with Crippen LogP contribution in [0, 0.1) is 0 Å². The summed E-state index contributed by atoms with van der Waals surface area (Å²) in [6.45, 7) is 4.40. The van der Waals surface area contributed by atoms with Gasteiger partial charge in [0, 0.05) is 42.6 Å². The van der Waals surface area contributed by atoms with E-state index in [1.807, 2.05) is 30.3 Å². The van der Waals surface area contributed by atoms with Gasteiger partial charge in [0.05, 0.1) is 11.2 Å². The molecule has 200 valence electrons. The minimum atomic E-state index is -1.01. The van der Waals surface area contributed by atoms with Crippen LogP contribution in [0.1, 0.15) is 41.4 Å². The third kappa shape index (κ3) is 5.52. The standard InChI is InChI=1S/C28H33N5O4S/c1-2-5-17-14-23(32-27-24(17)25(29)26(38-27)28(35)36)33-12-9-18(10-13-33)31-15-19(34)16-37-22-8-11-30-21-7-4-3-6-20(21)22/h3-4,6-8,11,14,18-19,31,34H,2,5,9-10,12-13,15-16,29H2,1H3,(H,35,36). The average molecular weight is 536 g/mol. The van der Waals surface area contributed by atoms with Gasteiger partial charge in [0.25, 0.3) is 0 Å². The quantitative estimate of drug-likeness (QED) is 0.237. The second kappa shape index (κ2) is 11.5. The van der Waals surface area contributed by atoms with E-state index in [0.29, 0.717) is 17.1 Å². The molecule has 5 N–H and O–H groups in total. The van der Waals surface area contributed by atoms with Crippen LogP contribution in [0.5, 0.6) is 5.75 Å². The van der Waals surface area contributed by atoms with Gasteiger partial charge in [-0.2, -0.15) is 0 Å². The van der Waals surface area contributed by atoms with Crippen LogP contribution < -0.4 is 20.7 Å². The van der Waals surface area contributed by atoms with Gasteiger partial charge in [-0.1, -0.05) is 25.5 Å². The molecule has 4 heterocycles. The number of nitrogens with zero attached hydrogens (tertiary/aromatic N) is 3. The van der Waals surface area contributed by atoms with Crippen molar-refractivity contribution in [3.63, 3.8) is 0 Å². The first-order valence-electron chi connectivity index (χ1n) is 13.0. The number of hydrogen-bond acceptors (Lipinski definition) is 9. The number of thiophene rings is 1. The number of aliphatic hydroxyl groups excluding tert-OH is 1. The fraction of sp³-hybridized carbons (Fsp3) is 0.393. The highest BCUT2D eigenvalue weighted by atomic mass is 32.1. The van der Waals surface area contributed by atoms with E-state index < -0.39 is 12.1 Å². The first kappa shape index (κ1) is 26.1. The number of fused-ring (bicyclic) bond motifs is 2. The molecule has 0 saturated carbocycles. The summed E-state index contributed by atoms with van der Waals surface area (Å²) in [6, 6.07) is 12.0. The zero-order valence-electron chi connectivity index (χ0n) is 21.4. The van der Waals surface area contributed by atoms with Gasteiger partial charge >= 0.3 is 5.97 Å². The van der Waals surface area contributed by atoms with Gasteiger partial charge in [0.1, 0.15) is 34.0 Å². The number of aromatic carboxylic acids is 1. The second-order valence-electron chi connectivity index (χ2n) is 9.68. The van der Waals surface area contributed by atoms with Crippen molar-refractivity contribution >= 4 is 49.9 Å². The zero-order chi connectivity index (χ0) is 26.6. The maximum Gasteiger partial charge on any atom is 0.348 e. The van der Waals surface area contributed by atoms with Crippen molar-refractivity contribution < 1.29 is 19.7 Å². The minimum Gasteiger partial charge on any atom is -0.490 e. The Labute approximate surface area is 225 Å². The lowest BCUT2D eigenvalue weighted by molar-refractivity contribution is 0.0703. The molecular weight excluding hydrogens is 502 g/mol. The molecule has 1 saturated heterocycles. The molecule has 0 amide bonds. The lowest BCUT2D eigenvalue weighted by Gasteiger charge is -2.34.